The minimum atomic E-state index is -1.75. The Hall–Kier alpha value is -1.87. The quantitative estimate of drug-likeness (QED) is 0.161. The topological polar surface area (TPSA) is 19.3 Å². The van der Waals surface area contributed by atoms with Crippen LogP contribution in [0.4, 0.5) is 11.4 Å². The number of aromatic hydroxyl groups is 1. The average molecular weight is 629 g/mol. The number of halogens is 2. The van der Waals surface area contributed by atoms with E-state index >= 15 is 0 Å². The van der Waals surface area contributed by atoms with Crippen LogP contribution in [0, 0.1) is 48.2 Å². The van der Waals surface area contributed by atoms with Crippen molar-refractivity contribution in [2.45, 2.75) is 61.5 Å². The molecule has 1 aliphatic rings. The van der Waals surface area contributed by atoms with E-state index in [1.165, 1.54) is 44.8 Å². The van der Waals surface area contributed by atoms with Crippen LogP contribution in [0.3, 0.4) is 0 Å². The van der Waals surface area contributed by atoms with Gasteiger partial charge in [0.25, 0.3) is 0 Å². The van der Waals surface area contributed by atoms with Gasteiger partial charge in [0.15, 0.2) is 0 Å². The molecule has 1 N–H and O–H groups in total. The maximum Gasteiger partial charge on any atom is 0.0146 e. The fourth-order valence-electron chi connectivity index (χ4n) is 5.14. The van der Waals surface area contributed by atoms with Gasteiger partial charge < -0.3 is 9.80 Å². The molecule has 3 aromatic rings. The van der Waals surface area contributed by atoms with Gasteiger partial charge in [0.05, 0.1) is 0 Å². The molecule has 1 heterocycles. The molecular weight excluding hydrogens is 588 g/mol. The summed E-state index contributed by atoms with van der Waals surface area (Å²) in [5, 5.41) is 0. The second-order valence-electron chi connectivity index (χ2n) is 10.1. The third-order valence-corrected chi connectivity index (χ3v) is 8.06. The Morgan fingerprint density at radius 2 is 1.22 bits per heavy atom. The van der Waals surface area contributed by atoms with Crippen molar-refractivity contribution in [3.8, 4) is 5.75 Å². The number of hydrogen-bond donors (Lipinski definition) is 0. The molecule has 3 nitrogen and oxygen atoms in total. The Bertz CT molecular complexity index is 1160. The summed E-state index contributed by atoms with van der Waals surface area (Å²) < 4.78 is 6.41. The number of aryl methyl sites for hydroxylation is 6. The number of aliphatic hydroxyl groups is 1. The van der Waals surface area contributed by atoms with Gasteiger partial charge >= 0.3 is 97.8 Å². The predicted molar refractivity (Wildman–Crippen MR) is 160 cm³/mol. The van der Waals surface area contributed by atoms with Gasteiger partial charge in [-0.15, -0.1) is 0 Å². The zero-order valence-electron chi connectivity index (χ0n) is 23.2. The minimum absolute atomic E-state index is 0.288. The molecule has 1 saturated heterocycles. The van der Waals surface area contributed by atoms with Crippen LogP contribution >= 0.6 is 19.4 Å². The summed E-state index contributed by atoms with van der Waals surface area (Å²) in [6.07, 6.45) is 0.288. The number of para-hydroxylation sites is 1. The number of nitrogens with zero attached hydrogens (tertiary/aromatic N) is 2. The van der Waals surface area contributed by atoms with Gasteiger partial charge in [-0.2, -0.15) is 6.67 Å². The van der Waals surface area contributed by atoms with Crippen LogP contribution in [-0.4, -0.2) is 28.5 Å². The molecule has 0 bridgehead atoms. The van der Waals surface area contributed by atoms with E-state index in [2.05, 4.69) is 87.0 Å². The molecule has 0 amide bonds. The number of anilines is 2. The van der Waals surface area contributed by atoms with Gasteiger partial charge in [0.1, 0.15) is 0 Å². The summed E-state index contributed by atoms with van der Waals surface area (Å²) >= 11 is -1.75. The van der Waals surface area contributed by atoms with E-state index in [0.717, 1.165) is 24.4 Å². The van der Waals surface area contributed by atoms with Crippen LogP contribution in [0.15, 0.2) is 48.5 Å². The number of ether oxygens (including phenoxy) is 1. The maximum atomic E-state index is 5.83. The molecule has 0 saturated carbocycles. The van der Waals surface area contributed by atoms with Gasteiger partial charge in [0.2, 0.25) is 0 Å². The zero-order chi connectivity index (χ0) is 27.3. The second kappa shape index (κ2) is 13.3. The molecule has 6 heteroatoms. The molecule has 0 radical (unpaired) electrons. The van der Waals surface area contributed by atoms with Crippen molar-refractivity contribution in [1.82, 2.24) is 0 Å². The molecule has 0 aromatic heterocycles. The van der Waals surface area contributed by atoms with Crippen LogP contribution in [-0.2, 0) is 13.5 Å². The smallest absolute Gasteiger partial charge is 0.0146 e. The summed E-state index contributed by atoms with van der Waals surface area (Å²) in [7, 11) is 11.7. The Balaban J connectivity index is 0.000000233. The normalized spacial score (nSPS) is 13.4. The van der Waals surface area contributed by atoms with Crippen molar-refractivity contribution >= 4 is 35.4 Å². The van der Waals surface area contributed by atoms with Crippen molar-refractivity contribution in [2.75, 3.05) is 22.9 Å². The van der Waals surface area contributed by atoms with Gasteiger partial charge in [-0.25, -0.2) is 0 Å². The first-order valence-electron chi connectivity index (χ1n) is 12.6. The largest absolute Gasteiger partial charge is 0.502 e. The van der Waals surface area contributed by atoms with Gasteiger partial charge in [-0.3, -0.25) is 0 Å². The van der Waals surface area contributed by atoms with Crippen molar-refractivity contribution in [3.63, 3.8) is 0 Å². The molecule has 37 heavy (non-hydrogen) atoms. The van der Waals surface area contributed by atoms with Crippen LogP contribution in [0.1, 0.15) is 52.8 Å². The minimum Gasteiger partial charge on any atom is -0.502 e. The van der Waals surface area contributed by atoms with Crippen molar-refractivity contribution in [1.29, 1.82) is 0 Å². The summed E-state index contributed by atoms with van der Waals surface area (Å²) in [6.45, 7) is 21.7. The fourth-order valence-corrected chi connectivity index (χ4v) is 6.96. The first kappa shape index (κ1) is 29.7. The van der Waals surface area contributed by atoms with E-state index in [0.29, 0.717) is 0 Å². The van der Waals surface area contributed by atoms with Gasteiger partial charge in [-0.1, -0.05) is 35.4 Å². The van der Waals surface area contributed by atoms with Gasteiger partial charge in [0, 0.05) is 24.5 Å². The summed E-state index contributed by atoms with van der Waals surface area (Å²) in [5.74, 6) is 0.975. The van der Waals surface area contributed by atoms with Crippen molar-refractivity contribution in [3.05, 3.63) is 94.1 Å². The first-order valence-corrected chi connectivity index (χ1v) is 18.1. The third-order valence-electron chi connectivity index (χ3n) is 6.23. The Morgan fingerprint density at radius 1 is 0.784 bits per heavy atom. The standard InChI is InChI=1S/C21H27N2.C10H12O.2ClH.Ru/c1-14-9-16(3)20(17(4)10-14)22-7-8-23(13-22)21-18(5)11-15(2)12-19(21)6;1-8(2)11-10-7-5-4-6-9(10)3;;;/h9-13H,7-8H2,1-6H3;3-8H,1-2H3;2*1H;/q-1;;;;+2/p-1. The molecule has 1 aliphatic heterocycles. The van der Waals surface area contributed by atoms with Crippen LogP contribution in [0.5, 0.6) is 5.75 Å². The number of benzene rings is 3. The van der Waals surface area contributed by atoms with E-state index in [4.69, 9.17) is 19.4 Å². The van der Waals surface area contributed by atoms with E-state index in [1.54, 1.807) is 0 Å². The Kier molecular flexibility index (Phi) is 10.6. The molecule has 202 valence electrons. The Labute approximate surface area is 236 Å². The SMILES string of the molecule is CC(C)[OH+]c1ccccc1[CH]=[Ru]([Cl])[Cl].Cc1cc(C)c(N2[CH-]N(c3c(C)cc(C)cc3C)CC2)c(C)c1. The number of hydrogen-bond acceptors (Lipinski definition) is 2. The van der Waals surface area contributed by atoms with E-state index in [1.807, 2.05) is 42.7 Å². The zero-order valence-corrected chi connectivity index (χ0v) is 26.5. The van der Waals surface area contributed by atoms with Gasteiger partial charge in [-0.05, 0) is 63.8 Å². The monoisotopic (exact) mass is 628 g/mol. The Morgan fingerprint density at radius 3 is 1.62 bits per heavy atom. The van der Waals surface area contributed by atoms with Crippen LogP contribution in [0.25, 0.3) is 0 Å². The second-order valence-corrected chi connectivity index (χ2v) is 15.8. The average Bonchev–Trinajstić information content (AvgIpc) is 3.22. The van der Waals surface area contributed by atoms with E-state index in [-0.39, 0.29) is 6.10 Å². The molecule has 0 spiro atoms. The fraction of sp³-hybridized carbons (Fsp3) is 0.355. The van der Waals surface area contributed by atoms with E-state index < -0.39 is 13.5 Å². The van der Waals surface area contributed by atoms with E-state index in [9.17, 15) is 0 Å². The molecule has 3 aromatic carbocycles. The molecular formula is C31H40Cl2N2ORu. The predicted octanol–water partition coefficient (Wildman–Crippen LogP) is 8.40. The summed E-state index contributed by atoms with van der Waals surface area (Å²) in [4.78, 5) is 4.81. The third kappa shape index (κ3) is 8.06. The van der Waals surface area contributed by atoms with Crippen molar-refractivity contribution < 1.29 is 18.3 Å². The molecule has 0 aliphatic carbocycles. The van der Waals surface area contributed by atoms with Crippen molar-refractivity contribution in [2.24, 2.45) is 0 Å². The molecule has 4 rings (SSSR count). The number of rotatable bonds is 5. The van der Waals surface area contributed by atoms with Crippen LogP contribution < -0.4 is 9.80 Å². The molecule has 0 unspecified atom stereocenters. The molecule has 0 atom stereocenters. The van der Waals surface area contributed by atoms with Crippen LogP contribution in [0.2, 0.25) is 0 Å². The molecule has 1 fully saturated rings. The maximum absolute atomic E-state index is 5.83. The summed E-state index contributed by atoms with van der Waals surface area (Å²) in [6, 6.07) is 17.0. The first-order chi connectivity index (χ1) is 17.5. The summed E-state index contributed by atoms with van der Waals surface area (Å²) in [5.41, 5.74) is 11.9.